The van der Waals surface area contributed by atoms with Crippen molar-refractivity contribution in [3.8, 4) is 0 Å². The Morgan fingerprint density at radius 1 is 1.50 bits per heavy atom. The highest BCUT2D eigenvalue weighted by Gasteiger charge is 2.25. The number of thioether (sulfide) groups is 1. The normalized spacial score (nSPS) is 19.5. The van der Waals surface area contributed by atoms with Crippen LogP contribution in [-0.2, 0) is 14.3 Å². The van der Waals surface area contributed by atoms with E-state index in [-0.39, 0.29) is 17.1 Å². The third kappa shape index (κ3) is 4.04. The zero-order chi connectivity index (χ0) is 12.0. The average molecular weight is 245 g/mol. The minimum absolute atomic E-state index is 0.142. The molecule has 5 heteroatoms. The number of nitrogens with zero attached hydrogens (tertiary/aromatic N) is 1. The molecule has 0 radical (unpaired) electrons. The van der Waals surface area contributed by atoms with E-state index < -0.39 is 0 Å². The molecule has 1 heterocycles. The fourth-order valence-electron chi connectivity index (χ4n) is 1.69. The quantitative estimate of drug-likeness (QED) is 0.685. The van der Waals surface area contributed by atoms with Crippen molar-refractivity contribution < 1.29 is 14.3 Å². The van der Waals surface area contributed by atoms with E-state index >= 15 is 0 Å². The van der Waals surface area contributed by atoms with Crippen LogP contribution in [0.5, 0.6) is 0 Å². The molecule has 0 aromatic rings. The number of hydrogen-bond donors (Lipinski definition) is 0. The molecule has 1 aliphatic rings. The van der Waals surface area contributed by atoms with Gasteiger partial charge in [-0.3, -0.25) is 9.59 Å². The van der Waals surface area contributed by atoms with Crippen molar-refractivity contribution in [2.45, 2.75) is 30.9 Å². The molecule has 1 rings (SSSR count). The van der Waals surface area contributed by atoms with Gasteiger partial charge in [0.25, 0.3) is 0 Å². The van der Waals surface area contributed by atoms with Crippen molar-refractivity contribution in [1.29, 1.82) is 0 Å². The molecule has 1 saturated heterocycles. The Hall–Kier alpha value is -0.710. The first kappa shape index (κ1) is 13.4. The lowest BCUT2D eigenvalue weighted by atomic mass is 10.2. The second-order valence-electron chi connectivity index (χ2n) is 3.94. The largest absolute Gasteiger partial charge is 0.469 e. The third-order valence-electron chi connectivity index (χ3n) is 2.68. The molecule has 16 heavy (non-hydrogen) atoms. The predicted molar refractivity (Wildman–Crippen MR) is 64.4 cm³/mol. The number of ether oxygens (including phenoxy) is 1. The van der Waals surface area contributed by atoms with Crippen molar-refractivity contribution in [1.82, 2.24) is 4.90 Å². The summed E-state index contributed by atoms with van der Waals surface area (Å²) >= 11 is 1.74. The Kier molecular flexibility index (Phi) is 5.66. The maximum Gasteiger partial charge on any atom is 0.305 e. The molecule has 1 amide bonds. The van der Waals surface area contributed by atoms with Crippen molar-refractivity contribution in [2.24, 2.45) is 0 Å². The molecule has 1 atom stereocenters. The first-order chi connectivity index (χ1) is 7.65. The van der Waals surface area contributed by atoms with Crippen molar-refractivity contribution in [3.05, 3.63) is 0 Å². The SMILES string of the molecule is COC(=O)CCCN(C)C(=O)C1CCCS1. The van der Waals surface area contributed by atoms with Crippen LogP contribution in [0.2, 0.25) is 0 Å². The number of amides is 1. The van der Waals surface area contributed by atoms with E-state index in [1.165, 1.54) is 7.11 Å². The molecule has 0 bridgehead atoms. The van der Waals surface area contributed by atoms with Crippen LogP contribution in [-0.4, -0.2) is 48.5 Å². The standard InChI is InChI=1S/C11H19NO3S/c1-12(7-3-6-10(13)15-2)11(14)9-5-4-8-16-9/h9H,3-8H2,1-2H3. The molecule has 0 aromatic heterocycles. The van der Waals surface area contributed by atoms with Crippen LogP contribution in [0.15, 0.2) is 0 Å². The van der Waals surface area contributed by atoms with E-state index in [0.717, 1.165) is 18.6 Å². The van der Waals surface area contributed by atoms with Gasteiger partial charge in [0.1, 0.15) is 0 Å². The summed E-state index contributed by atoms with van der Waals surface area (Å²) in [6, 6.07) is 0. The molecular formula is C11H19NO3S. The fourth-order valence-corrected chi connectivity index (χ4v) is 2.96. The van der Waals surface area contributed by atoms with Gasteiger partial charge < -0.3 is 9.64 Å². The summed E-state index contributed by atoms with van der Waals surface area (Å²) in [5, 5.41) is 0.142. The maximum absolute atomic E-state index is 11.9. The minimum Gasteiger partial charge on any atom is -0.469 e. The molecule has 0 N–H and O–H groups in total. The lowest BCUT2D eigenvalue weighted by Crippen LogP contribution is -2.34. The summed E-state index contributed by atoms with van der Waals surface area (Å²) in [4.78, 5) is 24.5. The number of methoxy groups -OCH3 is 1. The fraction of sp³-hybridized carbons (Fsp3) is 0.818. The van der Waals surface area contributed by atoms with Crippen LogP contribution >= 0.6 is 11.8 Å². The first-order valence-electron chi connectivity index (χ1n) is 5.58. The van der Waals surface area contributed by atoms with Crippen molar-refractivity contribution in [3.63, 3.8) is 0 Å². The maximum atomic E-state index is 11.9. The zero-order valence-corrected chi connectivity index (χ0v) is 10.7. The van der Waals surface area contributed by atoms with Crippen LogP contribution in [0.1, 0.15) is 25.7 Å². The van der Waals surface area contributed by atoms with E-state index in [4.69, 9.17) is 0 Å². The summed E-state index contributed by atoms with van der Waals surface area (Å²) in [7, 11) is 3.19. The molecule has 1 fully saturated rings. The molecule has 0 aliphatic carbocycles. The molecule has 0 saturated carbocycles. The number of rotatable bonds is 5. The van der Waals surface area contributed by atoms with Gasteiger partial charge >= 0.3 is 5.97 Å². The summed E-state index contributed by atoms with van der Waals surface area (Å²) < 4.78 is 4.55. The third-order valence-corrected chi connectivity index (χ3v) is 4.05. The first-order valence-corrected chi connectivity index (χ1v) is 6.63. The molecule has 0 spiro atoms. The van der Waals surface area contributed by atoms with Crippen molar-refractivity contribution in [2.75, 3.05) is 26.5 Å². The number of carbonyl (C=O) groups excluding carboxylic acids is 2. The zero-order valence-electron chi connectivity index (χ0n) is 9.90. The summed E-state index contributed by atoms with van der Waals surface area (Å²) in [5.41, 5.74) is 0. The smallest absolute Gasteiger partial charge is 0.305 e. The van der Waals surface area contributed by atoms with Gasteiger partial charge in [-0.1, -0.05) is 0 Å². The van der Waals surface area contributed by atoms with Crippen molar-refractivity contribution >= 4 is 23.6 Å². The monoisotopic (exact) mass is 245 g/mol. The molecular weight excluding hydrogens is 226 g/mol. The van der Waals surface area contributed by atoms with Crippen LogP contribution in [0.4, 0.5) is 0 Å². The van der Waals surface area contributed by atoms with Gasteiger partial charge in [-0.05, 0) is 25.0 Å². The van der Waals surface area contributed by atoms with E-state index in [1.807, 2.05) is 0 Å². The van der Waals surface area contributed by atoms with Crippen LogP contribution < -0.4 is 0 Å². The second kappa shape index (κ2) is 6.78. The van der Waals surface area contributed by atoms with E-state index in [1.54, 1.807) is 23.7 Å². The average Bonchev–Trinajstić information content (AvgIpc) is 2.81. The lowest BCUT2D eigenvalue weighted by Gasteiger charge is -2.20. The van der Waals surface area contributed by atoms with Crippen LogP contribution in [0.3, 0.4) is 0 Å². The van der Waals surface area contributed by atoms with E-state index in [2.05, 4.69) is 4.74 Å². The highest BCUT2D eigenvalue weighted by Crippen LogP contribution is 2.27. The Bertz CT molecular complexity index is 252. The highest BCUT2D eigenvalue weighted by molar-refractivity contribution is 8.00. The van der Waals surface area contributed by atoms with E-state index in [0.29, 0.717) is 19.4 Å². The van der Waals surface area contributed by atoms with Gasteiger partial charge in [0.05, 0.1) is 12.4 Å². The lowest BCUT2D eigenvalue weighted by molar-refractivity contribution is -0.141. The van der Waals surface area contributed by atoms with Gasteiger partial charge in [0.15, 0.2) is 0 Å². The van der Waals surface area contributed by atoms with E-state index in [9.17, 15) is 9.59 Å². The van der Waals surface area contributed by atoms with Gasteiger partial charge in [0, 0.05) is 20.0 Å². The summed E-state index contributed by atoms with van der Waals surface area (Å²) in [6.07, 6.45) is 3.18. The summed E-state index contributed by atoms with van der Waals surface area (Å²) in [5.74, 6) is 1.08. The number of esters is 1. The number of hydrogen-bond acceptors (Lipinski definition) is 4. The van der Waals surface area contributed by atoms with Crippen LogP contribution in [0, 0.1) is 0 Å². The molecule has 4 nitrogen and oxygen atoms in total. The second-order valence-corrected chi connectivity index (χ2v) is 5.25. The Balaban J connectivity index is 2.20. The van der Waals surface area contributed by atoms with Gasteiger partial charge in [-0.15, -0.1) is 11.8 Å². The Morgan fingerprint density at radius 3 is 2.81 bits per heavy atom. The predicted octanol–water partition coefficient (Wildman–Crippen LogP) is 1.29. The van der Waals surface area contributed by atoms with Crippen LogP contribution in [0.25, 0.3) is 0 Å². The highest BCUT2D eigenvalue weighted by atomic mass is 32.2. The van der Waals surface area contributed by atoms with Gasteiger partial charge in [0.2, 0.25) is 5.91 Å². The Labute approximate surface area is 101 Å². The molecule has 1 aliphatic heterocycles. The van der Waals surface area contributed by atoms with Gasteiger partial charge in [-0.2, -0.15) is 0 Å². The Morgan fingerprint density at radius 2 is 2.25 bits per heavy atom. The number of carbonyl (C=O) groups is 2. The minimum atomic E-state index is -0.212. The van der Waals surface area contributed by atoms with Gasteiger partial charge in [-0.25, -0.2) is 0 Å². The molecule has 92 valence electrons. The molecule has 0 aromatic carbocycles. The topological polar surface area (TPSA) is 46.6 Å². The summed E-state index contributed by atoms with van der Waals surface area (Å²) in [6.45, 7) is 0.630. The molecule has 1 unspecified atom stereocenters.